The maximum Gasteiger partial charge on any atom is 0.189 e. The Labute approximate surface area is 142 Å². The van der Waals surface area contributed by atoms with Crippen molar-refractivity contribution in [2.45, 2.75) is 24.9 Å². The van der Waals surface area contributed by atoms with Gasteiger partial charge in [0.25, 0.3) is 0 Å². The van der Waals surface area contributed by atoms with Crippen LogP contribution in [0.1, 0.15) is 17.7 Å². The van der Waals surface area contributed by atoms with E-state index in [2.05, 4.69) is 57.1 Å². The second-order valence-electron chi connectivity index (χ2n) is 4.98. The lowest BCUT2D eigenvalue weighted by molar-refractivity contribution is 0.527. The van der Waals surface area contributed by atoms with Gasteiger partial charge in [-0.15, -0.1) is 0 Å². The highest BCUT2D eigenvalue weighted by Crippen LogP contribution is 2.18. The summed E-state index contributed by atoms with van der Waals surface area (Å²) in [5, 5.41) is 3.91. The van der Waals surface area contributed by atoms with Crippen molar-refractivity contribution in [2.24, 2.45) is 0 Å². The first-order valence-corrected chi connectivity index (χ1v) is 8.84. The maximum atomic E-state index is 4.39. The van der Waals surface area contributed by atoms with Gasteiger partial charge in [0, 0.05) is 17.5 Å². The van der Waals surface area contributed by atoms with Gasteiger partial charge in [0.15, 0.2) is 5.16 Å². The normalized spacial score (nSPS) is 12.8. The summed E-state index contributed by atoms with van der Waals surface area (Å²) in [4.78, 5) is 8.74. The van der Waals surface area contributed by atoms with E-state index < -0.39 is 0 Å². The third-order valence-corrected chi connectivity index (χ3v) is 4.20. The minimum absolute atomic E-state index is 0.744. The van der Waals surface area contributed by atoms with Crippen LogP contribution >= 0.6 is 24.6 Å². The molecule has 2 heterocycles. The summed E-state index contributed by atoms with van der Waals surface area (Å²) in [6.45, 7) is 4.46. The van der Waals surface area contributed by atoms with Crippen molar-refractivity contribution in [3.05, 3.63) is 47.7 Å². The van der Waals surface area contributed by atoms with E-state index in [0.29, 0.717) is 0 Å². The molecule has 0 unspecified atom stereocenters. The van der Waals surface area contributed by atoms with Gasteiger partial charge in [0.2, 0.25) is 0 Å². The molecule has 0 radical (unpaired) electrons. The molecule has 6 heteroatoms. The van der Waals surface area contributed by atoms with Gasteiger partial charge in [-0.05, 0) is 38.4 Å². The molecule has 0 atom stereocenters. The number of nitrogens with zero attached hydrogens (tertiary/aromatic N) is 2. The van der Waals surface area contributed by atoms with Gasteiger partial charge in [-0.25, -0.2) is 9.97 Å². The van der Waals surface area contributed by atoms with Crippen LogP contribution in [0.25, 0.3) is 0 Å². The molecule has 3 rings (SSSR count). The van der Waals surface area contributed by atoms with Crippen molar-refractivity contribution in [1.82, 2.24) is 15.3 Å². The van der Waals surface area contributed by atoms with Crippen molar-refractivity contribution in [3.8, 4) is 0 Å². The van der Waals surface area contributed by atoms with Crippen molar-refractivity contribution in [3.63, 3.8) is 0 Å². The zero-order chi connectivity index (χ0) is 15.6. The zero-order valence-electron chi connectivity index (χ0n) is 12.7. The molecule has 1 aromatic carbocycles. The van der Waals surface area contributed by atoms with Crippen LogP contribution in [0.3, 0.4) is 0 Å². The number of anilines is 1. The number of benzene rings is 1. The molecule has 1 saturated heterocycles. The SMILES string of the molecule is C1CNC1.Cc1cc(NS)nc(SCCc2ccccc2)n1. The molecule has 0 spiro atoms. The third-order valence-electron chi connectivity index (χ3n) is 3.12. The fraction of sp³-hybridized carbons (Fsp3) is 0.375. The Morgan fingerprint density at radius 3 is 2.50 bits per heavy atom. The molecule has 1 aromatic heterocycles. The molecule has 2 aromatic rings. The molecule has 1 aliphatic heterocycles. The Hall–Kier alpha value is -1.24. The smallest absolute Gasteiger partial charge is 0.189 e. The van der Waals surface area contributed by atoms with Crippen molar-refractivity contribution < 1.29 is 0 Å². The molecule has 0 aliphatic carbocycles. The molecular formula is C16H22N4S2. The van der Waals surface area contributed by atoms with Gasteiger partial charge in [-0.2, -0.15) is 0 Å². The van der Waals surface area contributed by atoms with E-state index in [9.17, 15) is 0 Å². The molecule has 0 amide bonds. The van der Waals surface area contributed by atoms with Crippen LogP contribution in [-0.4, -0.2) is 28.8 Å². The number of rotatable bonds is 5. The largest absolute Gasteiger partial charge is 0.317 e. The van der Waals surface area contributed by atoms with Crippen LogP contribution in [0.5, 0.6) is 0 Å². The van der Waals surface area contributed by atoms with E-state index in [4.69, 9.17) is 0 Å². The third kappa shape index (κ3) is 6.25. The molecule has 2 N–H and O–H groups in total. The highest BCUT2D eigenvalue weighted by Gasteiger charge is 2.02. The number of aromatic nitrogens is 2. The molecule has 0 bridgehead atoms. The van der Waals surface area contributed by atoms with E-state index in [-0.39, 0.29) is 0 Å². The lowest BCUT2D eigenvalue weighted by atomic mass is 10.2. The number of hydrogen-bond acceptors (Lipinski definition) is 6. The molecule has 4 nitrogen and oxygen atoms in total. The molecular weight excluding hydrogens is 312 g/mol. The summed E-state index contributed by atoms with van der Waals surface area (Å²) in [7, 11) is 0. The Bertz CT molecular complexity index is 555. The van der Waals surface area contributed by atoms with E-state index in [1.807, 2.05) is 19.1 Å². The number of hydrogen-bond donors (Lipinski definition) is 3. The van der Waals surface area contributed by atoms with E-state index >= 15 is 0 Å². The van der Waals surface area contributed by atoms with Crippen LogP contribution in [0, 0.1) is 6.92 Å². The van der Waals surface area contributed by atoms with Gasteiger partial charge >= 0.3 is 0 Å². The van der Waals surface area contributed by atoms with Crippen molar-refractivity contribution >= 4 is 30.4 Å². The standard InChI is InChI=1S/C13H15N3S2.C3H7N/c1-10-9-12(16-17)15-13(14-10)18-8-7-11-5-3-2-4-6-11;1-2-4-3-1/h2-6,9,17H,7-8H2,1H3,(H,14,15,16);4H,1-3H2. The van der Waals surface area contributed by atoms with E-state index in [1.165, 1.54) is 25.1 Å². The molecule has 22 heavy (non-hydrogen) atoms. The Morgan fingerprint density at radius 2 is 1.91 bits per heavy atom. The summed E-state index contributed by atoms with van der Waals surface area (Å²) in [5.74, 6) is 1.72. The lowest BCUT2D eigenvalue weighted by Crippen LogP contribution is -2.29. The quantitative estimate of drug-likeness (QED) is 0.445. The second-order valence-corrected chi connectivity index (χ2v) is 6.26. The number of nitrogens with one attached hydrogen (secondary N) is 2. The number of aryl methyl sites for hydroxylation is 2. The van der Waals surface area contributed by atoms with Crippen LogP contribution in [0.4, 0.5) is 5.82 Å². The average molecular weight is 335 g/mol. The highest BCUT2D eigenvalue weighted by atomic mass is 32.2. The molecule has 1 aliphatic rings. The summed E-state index contributed by atoms with van der Waals surface area (Å²) >= 11 is 5.67. The van der Waals surface area contributed by atoms with Gasteiger partial charge in [0.05, 0.1) is 0 Å². The van der Waals surface area contributed by atoms with E-state index in [1.54, 1.807) is 11.8 Å². The fourth-order valence-electron chi connectivity index (χ4n) is 1.74. The monoisotopic (exact) mass is 334 g/mol. The van der Waals surface area contributed by atoms with Gasteiger partial charge < -0.3 is 10.0 Å². The second kappa shape index (κ2) is 9.71. The average Bonchev–Trinajstić information content (AvgIpc) is 2.46. The van der Waals surface area contributed by atoms with Crippen LogP contribution in [-0.2, 0) is 6.42 Å². The minimum atomic E-state index is 0.744. The lowest BCUT2D eigenvalue weighted by Gasteiger charge is -2.09. The molecule has 1 fully saturated rings. The Kier molecular flexibility index (Phi) is 7.56. The first kappa shape index (κ1) is 17.1. The van der Waals surface area contributed by atoms with Crippen LogP contribution < -0.4 is 10.0 Å². The summed E-state index contributed by atoms with van der Waals surface area (Å²) in [6.07, 6.45) is 2.41. The van der Waals surface area contributed by atoms with Crippen molar-refractivity contribution in [2.75, 3.05) is 23.6 Å². The van der Waals surface area contributed by atoms with Gasteiger partial charge in [-0.3, -0.25) is 0 Å². The van der Waals surface area contributed by atoms with Crippen molar-refractivity contribution in [1.29, 1.82) is 0 Å². The van der Waals surface area contributed by atoms with E-state index in [0.717, 1.165) is 28.8 Å². The maximum absolute atomic E-state index is 4.39. The first-order chi connectivity index (χ1) is 10.8. The topological polar surface area (TPSA) is 49.8 Å². The zero-order valence-corrected chi connectivity index (χ0v) is 14.5. The molecule has 118 valence electrons. The fourth-order valence-corrected chi connectivity index (χ4v) is 2.75. The van der Waals surface area contributed by atoms with Gasteiger partial charge in [0.1, 0.15) is 5.82 Å². The highest BCUT2D eigenvalue weighted by molar-refractivity contribution is 7.99. The minimum Gasteiger partial charge on any atom is -0.317 e. The van der Waals surface area contributed by atoms with Crippen LogP contribution in [0.15, 0.2) is 41.6 Å². The summed E-state index contributed by atoms with van der Waals surface area (Å²) in [6, 6.07) is 12.3. The number of thiol groups is 1. The Balaban J connectivity index is 0.000000381. The molecule has 0 saturated carbocycles. The first-order valence-electron chi connectivity index (χ1n) is 7.41. The number of thioether (sulfide) groups is 1. The summed E-state index contributed by atoms with van der Waals surface area (Å²) in [5.41, 5.74) is 2.29. The predicted molar refractivity (Wildman–Crippen MR) is 97.7 cm³/mol. The van der Waals surface area contributed by atoms with Gasteiger partial charge in [-0.1, -0.05) is 54.9 Å². The predicted octanol–water partition coefficient (Wildman–Crippen LogP) is 3.36. The summed E-state index contributed by atoms with van der Waals surface area (Å²) < 4.78 is 2.75. The van der Waals surface area contributed by atoms with Crippen LogP contribution in [0.2, 0.25) is 0 Å². The Morgan fingerprint density at radius 1 is 1.23 bits per heavy atom.